The van der Waals surface area contributed by atoms with Gasteiger partial charge in [0.1, 0.15) is 0 Å². The summed E-state index contributed by atoms with van der Waals surface area (Å²) in [5.74, 6) is -1.48. The van der Waals surface area contributed by atoms with Gasteiger partial charge in [0.25, 0.3) is 0 Å². The number of anilines is 1. The van der Waals surface area contributed by atoms with E-state index in [1.54, 1.807) is 30.3 Å². The smallest absolute Gasteiger partial charge is 0.241 e. The van der Waals surface area contributed by atoms with Crippen LogP contribution in [0.1, 0.15) is 5.56 Å². The first-order valence-corrected chi connectivity index (χ1v) is 7.99. The molecule has 0 amide bonds. The second-order valence-electron chi connectivity index (χ2n) is 4.75. The first-order chi connectivity index (χ1) is 10.4. The van der Waals surface area contributed by atoms with E-state index in [1.165, 1.54) is 24.3 Å². The van der Waals surface area contributed by atoms with Crippen molar-refractivity contribution in [1.82, 2.24) is 4.72 Å². The lowest BCUT2D eigenvalue weighted by Crippen LogP contribution is -2.49. The molecule has 116 valence electrons. The molecule has 0 radical (unpaired) electrons. The molecular formula is C15H15N2O4S-. The van der Waals surface area contributed by atoms with E-state index in [0.29, 0.717) is 11.3 Å². The van der Waals surface area contributed by atoms with Crippen LogP contribution in [-0.4, -0.2) is 20.4 Å². The molecule has 0 saturated heterocycles. The lowest BCUT2D eigenvalue weighted by atomic mass is 10.1. The highest BCUT2D eigenvalue weighted by atomic mass is 32.2. The predicted molar refractivity (Wildman–Crippen MR) is 80.1 cm³/mol. The van der Waals surface area contributed by atoms with E-state index >= 15 is 0 Å². The van der Waals surface area contributed by atoms with Crippen molar-refractivity contribution in [3.8, 4) is 0 Å². The Morgan fingerprint density at radius 2 is 1.68 bits per heavy atom. The van der Waals surface area contributed by atoms with Gasteiger partial charge in [-0.05, 0) is 36.2 Å². The molecular weight excluding hydrogens is 304 g/mol. The maximum atomic E-state index is 12.2. The van der Waals surface area contributed by atoms with E-state index in [0.717, 1.165) is 0 Å². The van der Waals surface area contributed by atoms with Crippen LogP contribution in [0.15, 0.2) is 59.5 Å². The zero-order valence-corrected chi connectivity index (χ0v) is 12.4. The summed E-state index contributed by atoms with van der Waals surface area (Å²) in [6.45, 7) is 0. The first-order valence-electron chi connectivity index (χ1n) is 6.51. The second kappa shape index (κ2) is 6.59. The summed E-state index contributed by atoms with van der Waals surface area (Å²) in [5, 5.41) is 11.2. The number of carbonyl (C=O) groups excluding carboxylic acids is 1. The number of benzene rings is 2. The summed E-state index contributed by atoms with van der Waals surface area (Å²) < 4.78 is 26.6. The van der Waals surface area contributed by atoms with Gasteiger partial charge in [-0.25, -0.2) is 13.1 Å². The lowest BCUT2D eigenvalue weighted by Gasteiger charge is -2.20. The van der Waals surface area contributed by atoms with Crippen LogP contribution in [0.5, 0.6) is 0 Å². The summed E-state index contributed by atoms with van der Waals surface area (Å²) >= 11 is 0. The molecule has 1 unspecified atom stereocenters. The Balaban J connectivity index is 2.20. The third-order valence-corrected chi connectivity index (χ3v) is 4.54. The van der Waals surface area contributed by atoms with Crippen molar-refractivity contribution in [2.75, 3.05) is 5.73 Å². The van der Waals surface area contributed by atoms with Gasteiger partial charge in [0.05, 0.1) is 16.9 Å². The number of hydrogen-bond donors (Lipinski definition) is 2. The van der Waals surface area contributed by atoms with E-state index in [4.69, 9.17) is 5.73 Å². The standard InChI is InChI=1S/C15H16N2O4S/c16-12-6-8-13(9-7-12)22(20,21)17-14(15(18)19)10-11-4-2-1-3-5-11/h1-9,14,17H,10,16H2,(H,18,19)/p-1. The van der Waals surface area contributed by atoms with Gasteiger partial charge in [-0.15, -0.1) is 0 Å². The minimum Gasteiger partial charge on any atom is -0.548 e. The molecule has 0 saturated carbocycles. The Labute approximate surface area is 128 Å². The van der Waals surface area contributed by atoms with Gasteiger partial charge in [0, 0.05) is 5.69 Å². The van der Waals surface area contributed by atoms with Gasteiger partial charge in [0.2, 0.25) is 10.0 Å². The van der Waals surface area contributed by atoms with E-state index in [2.05, 4.69) is 4.72 Å². The topological polar surface area (TPSA) is 112 Å². The normalized spacial score (nSPS) is 12.7. The van der Waals surface area contributed by atoms with Gasteiger partial charge in [-0.3, -0.25) is 0 Å². The summed E-state index contributed by atoms with van der Waals surface area (Å²) in [4.78, 5) is 11.2. The molecule has 2 aromatic carbocycles. The van der Waals surface area contributed by atoms with Crippen LogP contribution in [0.2, 0.25) is 0 Å². The highest BCUT2D eigenvalue weighted by Gasteiger charge is 2.21. The molecule has 3 N–H and O–H groups in total. The van der Waals surface area contributed by atoms with Crippen LogP contribution in [0.4, 0.5) is 5.69 Å². The summed E-state index contributed by atoms with van der Waals surface area (Å²) in [6, 6.07) is 12.8. The zero-order chi connectivity index (χ0) is 16.2. The minimum absolute atomic E-state index is 0.00260. The average molecular weight is 319 g/mol. The van der Waals surface area contributed by atoms with Crippen LogP contribution in [-0.2, 0) is 21.2 Å². The van der Waals surface area contributed by atoms with Crippen molar-refractivity contribution in [2.45, 2.75) is 17.4 Å². The second-order valence-corrected chi connectivity index (χ2v) is 6.47. The molecule has 0 aliphatic carbocycles. The van der Waals surface area contributed by atoms with Crippen LogP contribution < -0.4 is 15.6 Å². The van der Waals surface area contributed by atoms with Crippen LogP contribution >= 0.6 is 0 Å². The molecule has 0 fully saturated rings. The highest BCUT2D eigenvalue weighted by molar-refractivity contribution is 7.89. The molecule has 22 heavy (non-hydrogen) atoms. The van der Waals surface area contributed by atoms with Crippen LogP contribution in [0.3, 0.4) is 0 Å². The fraction of sp³-hybridized carbons (Fsp3) is 0.133. The summed E-state index contributed by atoms with van der Waals surface area (Å²) in [6.07, 6.45) is -0.00260. The number of nitrogens with two attached hydrogens (primary N) is 1. The fourth-order valence-corrected chi connectivity index (χ4v) is 3.11. The number of nitrogens with one attached hydrogen (secondary N) is 1. The number of rotatable bonds is 6. The molecule has 0 bridgehead atoms. The van der Waals surface area contributed by atoms with Crippen LogP contribution in [0, 0.1) is 0 Å². The summed E-state index contributed by atoms with van der Waals surface area (Å²) in [7, 11) is -3.97. The van der Waals surface area contributed by atoms with Crippen molar-refractivity contribution in [2.24, 2.45) is 0 Å². The summed E-state index contributed by atoms with van der Waals surface area (Å²) in [5.41, 5.74) is 6.61. The van der Waals surface area contributed by atoms with Gasteiger partial charge in [0.15, 0.2) is 0 Å². The fourth-order valence-electron chi connectivity index (χ4n) is 1.93. The van der Waals surface area contributed by atoms with E-state index in [-0.39, 0.29) is 11.3 Å². The third-order valence-electron chi connectivity index (χ3n) is 3.05. The Bertz CT molecular complexity index is 743. The Morgan fingerprint density at radius 3 is 2.23 bits per heavy atom. The number of carboxylic acids is 1. The Kier molecular flexibility index (Phi) is 4.79. The lowest BCUT2D eigenvalue weighted by molar-refractivity contribution is -0.307. The molecule has 0 heterocycles. The van der Waals surface area contributed by atoms with Crippen molar-refractivity contribution < 1.29 is 18.3 Å². The van der Waals surface area contributed by atoms with Crippen molar-refractivity contribution in [3.63, 3.8) is 0 Å². The van der Waals surface area contributed by atoms with Gasteiger partial charge in [-0.1, -0.05) is 30.3 Å². The van der Waals surface area contributed by atoms with Crippen molar-refractivity contribution >= 4 is 21.7 Å². The zero-order valence-electron chi connectivity index (χ0n) is 11.6. The van der Waals surface area contributed by atoms with Gasteiger partial charge < -0.3 is 15.6 Å². The number of hydrogen-bond acceptors (Lipinski definition) is 5. The molecule has 6 nitrogen and oxygen atoms in total. The predicted octanol–water partition coefficient (Wildman–Crippen LogP) is -0.0917. The van der Waals surface area contributed by atoms with Gasteiger partial charge in [-0.2, -0.15) is 0 Å². The highest BCUT2D eigenvalue weighted by Crippen LogP contribution is 2.13. The minimum atomic E-state index is -3.97. The van der Waals surface area contributed by atoms with Gasteiger partial charge >= 0.3 is 0 Å². The van der Waals surface area contributed by atoms with E-state index in [1.807, 2.05) is 0 Å². The Morgan fingerprint density at radius 1 is 1.09 bits per heavy atom. The molecule has 0 spiro atoms. The van der Waals surface area contributed by atoms with Crippen molar-refractivity contribution in [3.05, 3.63) is 60.2 Å². The third kappa shape index (κ3) is 4.06. The van der Waals surface area contributed by atoms with E-state index < -0.39 is 22.0 Å². The molecule has 0 aliphatic rings. The number of nitrogen functional groups attached to an aromatic ring is 1. The first kappa shape index (κ1) is 16.0. The average Bonchev–Trinajstić information content (AvgIpc) is 2.48. The molecule has 1 atom stereocenters. The number of aliphatic carboxylic acids is 1. The molecule has 7 heteroatoms. The maximum Gasteiger partial charge on any atom is 0.241 e. The molecule has 0 aliphatic heterocycles. The SMILES string of the molecule is Nc1ccc(S(=O)(=O)NC(Cc2ccccc2)C(=O)[O-])cc1. The van der Waals surface area contributed by atoms with Crippen molar-refractivity contribution in [1.29, 1.82) is 0 Å². The number of carboxylic acid groups (broad SMARTS) is 1. The maximum absolute atomic E-state index is 12.2. The number of carbonyl (C=O) groups is 1. The molecule has 2 rings (SSSR count). The van der Waals surface area contributed by atoms with Crippen LogP contribution in [0.25, 0.3) is 0 Å². The quantitative estimate of drug-likeness (QED) is 0.723. The monoisotopic (exact) mass is 319 g/mol. The molecule has 0 aromatic heterocycles. The number of sulfonamides is 1. The molecule has 2 aromatic rings. The largest absolute Gasteiger partial charge is 0.548 e. The van der Waals surface area contributed by atoms with E-state index in [9.17, 15) is 18.3 Å². The Hall–Kier alpha value is -2.38.